The van der Waals surface area contributed by atoms with Crippen molar-refractivity contribution in [1.82, 2.24) is 5.32 Å². The van der Waals surface area contributed by atoms with Crippen molar-refractivity contribution in [3.63, 3.8) is 0 Å². The average molecular weight is 343 g/mol. The molecular formula is C21H31N2O2+. The van der Waals surface area contributed by atoms with Crippen LogP contribution in [0.25, 0.3) is 0 Å². The maximum atomic E-state index is 12.4. The molecule has 0 saturated carbocycles. The Morgan fingerprint density at radius 1 is 1.16 bits per heavy atom. The Bertz CT molecular complexity index is 574. The fraction of sp³-hybridized carbons (Fsp3) is 0.571. The van der Waals surface area contributed by atoms with Crippen LogP contribution in [0.2, 0.25) is 0 Å². The number of carbonyl (C=O) groups excluding carboxylic acids is 1. The summed E-state index contributed by atoms with van der Waals surface area (Å²) in [7, 11) is 1.66. The third-order valence-electron chi connectivity index (χ3n) is 5.64. The molecule has 1 saturated heterocycles. The van der Waals surface area contributed by atoms with Crippen molar-refractivity contribution >= 4 is 5.91 Å². The number of rotatable bonds is 6. The molecule has 4 heteroatoms. The van der Waals surface area contributed by atoms with Gasteiger partial charge in [0.1, 0.15) is 5.75 Å². The van der Waals surface area contributed by atoms with Gasteiger partial charge in [0, 0.05) is 31.2 Å². The summed E-state index contributed by atoms with van der Waals surface area (Å²) in [6, 6.07) is 7.88. The molecule has 1 aromatic rings. The molecule has 0 unspecified atom stereocenters. The van der Waals surface area contributed by atoms with Gasteiger partial charge in [-0.2, -0.15) is 0 Å². The van der Waals surface area contributed by atoms with Crippen LogP contribution in [0.15, 0.2) is 36.4 Å². The van der Waals surface area contributed by atoms with Crippen LogP contribution in [0.3, 0.4) is 0 Å². The quantitative estimate of drug-likeness (QED) is 0.776. The zero-order chi connectivity index (χ0) is 17.5. The third kappa shape index (κ3) is 5.33. The van der Waals surface area contributed by atoms with Gasteiger partial charge >= 0.3 is 0 Å². The first kappa shape index (κ1) is 18.0. The first-order valence-electron chi connectivity index (χ1n) is 9.64. The number of carbonyl (C=O) groups is 1. The van der Waals surface area contributed by atoms with Crippen molar-refractivity contribution in [2.24, 2.45) is 11.8 Å². The summed E-state index contributed by atoms with van der Waals surface area (Å²) >= 11 is 0. The lowest BCUT2D eigenvalue weighted by Gasteiger charge is -2.31. The van der Waals surface area contributed by atoms with Gasteiger partial charge in [-0.05, 0) is 37.0 Å². The van der Waals surface area contributed by atoms with Crippen molar-refractivity contribution in [3.8, 4) is 5.75 Å². The highest BCUT2D eigenvalue weighted by Crippen LogP contribution is 2.17. The van der Waals surface area contributed by atoms with Gasteiger partial charge in [0.2, 0.25) is 5.91 Å². The van der Waals surface area contributed by atoms with Gasteiger partial charge in [0.15, 0.2) is 0 Å². The zero-order valence-electron chi connectivity index (χ0n) is 15.3. The maximum Gasteiger partial charge on any atom is 0.223 e. The molecule has 1 amide bonds. The number of likely N-dealkylation sites (tertiary alicyclic amines) is 1. The molecule has 0 bridgehead atoms. The van der Waals surface area contributed by atoms with Crippen molar-refractivity contribution in [2.45, 2.75) is 38.6 Å². The topological polar surface area (TPSA) is 42.8 Å². The molecule has 1 atom stereocenters. The fourth-order valence-corrected chi connectivity index (χ4v) is 4.02. The molecule has 25 heavy (non-hydrogen) atoms. The van der Waals surface area contributed by atoms with E-state index in [-0.39, 0.29) is 11.8 Å². The van der Waals surface area contributed by atoms with E-state index in [0.717, 1.165) is 43.2 Å². The third-order valence-corrected chi connectivity index (χ3v) is 5.64. The van der Waals surface area contributed by atoms with Gasteiger partial charge in [-0.3, -0.25) is 4.79 Å². The standard InChI is InChI=1S/C21H30N2O2/c1-25-20-9-7-17(8-10-20)15-22-21(24)19-11-13-23(14-12-19)16-18-5-3-2-4-6-18/h2-3,7-10,18-19H,4-6,11-16H2,1H3,(H,22,24)/p+1/t18-/m0/s1. The van der Waals surface area contributed by atoms with Gasteiger partial charge in [0.05, 0.1) is 26.7 Å². The molecule has 2 aliphatic rings. The van der Waals surface area contributed by atoms with Crippen LogP contribution in [-0.4, -0.2) is 32.7 Å². The number of amides is 1. The summed E-state index contributed by atoms with van der Waals surface area (Å²) in [5, 5.41) is 3.10. The normalized spacial score (nSPS) is 26.2. The largest absolute Gasteiger partial charge is 0.497 e. The van der Waals surface area contributed by atoms with Crippen LogP contribution in [0.5, 0.6) is 5.75 Å². The van der Waals surface area contributed by atoms with Crippen molar-refractivity contribution < 1.29 is 14.4 Å². The summed E-state index contributed by atoms with van der Waals surface area (Å²) < 4.78 is 5.16. The number of quaternary nitrogens is 1. The average Bonchev–Trinajstić information content (AvgIpc) is 2.68. The lowest BCUT2D eigenvalue weighted by atomic mass is 9.91. The van der Waals surface area contributed by atoms with Crippen LogP contribution in [-0.2, 0) is 11.3 Å². The van der Waals surface area contributed by atoms with E-state index in [4.69, 9.17) is 4.74 Å². The first-order valence-corrected chi connectivity index (χ1v) is 9.64. The van der Waals surface area contributed by atoms with E-state index in [2.05, 4.69) is 17.5 Å². The molecule has 0 spiro atoms. The molecule has 4 nitrogen and oxygen atoms in total. The van der Waals surface area contributed by atoms with Crippen LogP contribution in [0, 0.1) is 11.8 Å². The number of hydrogen-bond donors (Lipinski definition) is 2. The minimum atomic E-state index is 0.188. The zero-order valence-corrected chi connectivity index (χ0v) is 15.3. The van der Waals surface area contributed by atoms with Gasteiger partial charge in [-0.25, -0.2) is 0 Å². The van der Waals surface area contributed by atoms with Gasteiger partial charge in [-0.15, -0.1) is 0 Å². The smallest absolute Gasteiger partial charge is 0.223 e. The van der Waals surface area contributed by atoms with Gasteiger partial charge in [-0.1, -0.05) is 24.3 Å². The summed E-state index contributed by atoms with van der Waals surface area (Å²) in [5.74, 6) is 2.10. The molecule has 2 N–H and O–H groups in total. The van der Waals surface area contributed by atoms with E-state index in [9.17, 15) is 4.79 Å². The molecule has 3 rings (SSSR count). The lowest BCUT2D eigenvalue weighted by Crippen LogP contribution is -3.13. The van der Waals surface area contributed by atoms with E-state index >= 15 is 0 Å². The molecule has 1 heterocycles. The van der Waals surface area contributed by atoms with Crippen LogP contribution in [0.1, 0.15) is 37.7 Å². The Morgan fingerprint density at radius 3 is 2.56 bits per heavy atom. The molecule has 1 fully saturated rings. The highest BCUT2D eigenvalue weighted by atomic mass is 16.5. The summed E-state index contributed by atoms with van der Waals surface area (Å²) in [5.41, 5.74) is 1.11. The van der Waals surface area contributed by atoms with Crippen LogP contribution in [0.4, 0.5) is 0 Å². The SMILES string of the molecule is COc1ccc(CNC(=O)C2CC[NH+](C[C@H]3CC=CCC3)CC2)cc1. The summed E-state index contributed by atoms with van der Waals surface area (Å²) in [6.07, 6.45) is 10.5. The van der Waals surface area contributed by atoms with Crippen molar-refractivity contribution in [1.29, 1.82) is 0 Å². The minimum Gasteiger partial charge on any atom is -0.497 e. The maximum absolute atomic E-state index is 12.4. The number of piperidine rings is 1. The molecule has 1 aliphatic heterocycles. The number of benzene rings is 1. The second-order valence-corrected chi connectivity index (χ2v) is 7.44. The number of hydrogen-bond acceptors (Lipinski definition) is 2. The molecular weight excluding hydrogens is 312 g/mol. The van der Waals surface area contributed by atoms with E-state index < -0.39 is 0 Å². The second-order valence-electron chi connectivity index (χ2n) is 7.44. The Kier molecular flexibility index (Phi) is 6.51. The first-order chi connectivity index (χ1) is 12.2. The van der Waals surface area contributed by atoms with Crippen LogP contribution < -0.4 is 15.0 Å². The highest BCUT2D eigenvalue weighted by Gasteiger charge is 2.28. The van der Waals surface area contributed by atoms with Crippen molar-refractivity contribution in [2.75, 3.05) is 26.7 Å². The van der Waals surface area contributed by atoms with E-state index in [1.807, 2.05) is 24.3 Å². The Labute approximate surface area is 151 Å². The molecule has 0 radical (unpaired) electrons. The Balaban J connectivity index is 1.38. The predicted octanol–water partition coefficient (Wildman–Crippen LogP) is 1.96. The van der Waals surface area contributed by atoms with E-state index in [1.165, 1.54) is 25.8 Å². The summed E-state index contributed by atoms with van der Waals surface area (Å²) in [4.78, 5) is 14.1. The lowest BCUT2D eigenvalue weighted by molar-refractivity contribution is -0.909. The number of allylic oxidation sites excluding steroid dienone is 2. The minimum absolute atomic E-state index is 0.188. The van der Waals surface area contributed by atoms with E-state index in [1.54, 1.807) is 12.0 Å². The fourth-order valence-electron chi connectivity index (χ4n) is 4.02. The Morgan fingerprint density at radius 2 is 1.92 bits per heavy atom. The van der Waals surface area contributed by atoms with Crippen molar-refractivity contribution in [3.05, 3.63) is 42.0 Å². The Hall–Kier alpha value is -1.81. The summed E-state index contributed by atoms with van der Waals surface area (Å²) in [6.45, 7) is 4.16. The molecule has 1 aromatic carbocycles. The molecule has 136 valence electrons. The molecule has 1 aliphatic carbocycles. The number of nitrogens with one attached hydrogen (secondary N) is 2. The van der Waals surface area contributed by atoms with Gasteiger partial charge < -0.3 is 15.0 Å². The predicted molar refractivity (Wildman–Crippen MR) is 99.6 cm³/mol. The monoisotopic (exact) mass is 343 g/mol. The highest BCUT2D eigenvalue weighted by molar-refractivity contribution is 5.78. The number of ether oxygens (including phenoxy) is 1. The number of methoxy groups -OCH3 is 1. The van der Waals surface area contributed by atoms with Gasteiger partial charge in [0.25, 0.3) is 0 Å². The van der Waals surface area contributed by atoms with Crippen LogP contribution >= 0.6 is 0 Å². The van der Waals surface area contributed by atoms with E-state index in [0.29, 0.717) is 6.54 Å². The molecule has 0 aromatic heterocycles. The second kappa shape index (κ2) is 9.04.